The van der Waals surface area contributed by atoms with Gasteiger partial charge in [0.25, 0.3) is 0 Å². The van der Waals surface area contributed by atoms with Crippen LogP contribution in [0.5, 0.6) is 0 Å². The van der Waals surface area contributed by atoms with Crippen LogP contribution >= 0.6 is 15.9 Å². The minimum atomic E-state index is 0.489. The van der Waals surface area contributed by atoms with E-state index in [4.69, 9.17) is 0 Å². The second-order valence-electron chi connectivity index (χ2n) is 4.97. The highest BCUT2D eigenvalue weighted by atomic mass is 79.9. The lowest BCUT2D eigenvalue weighted by molar-refractivity contribution is 0.623. The predicted molar refractivity (Wildman–Crippen MR) is 85.7 cm³/mol. The van der Waals surface area contributed by atoms with Crippen molar-refractivity contribution < 1.29 is 0 Å². The summed E-state index contributed by atoms with van der Waals surface area (Å²) in [5.74, 6) is 0.489. The van der Waals surface area contributed by atoms with Crippen molar-refractivity contribution in [2.45, 2.75) is 19.3 Å². The van der Waals surface area contributed by atoms with Gasteiger partial charge in [-0.1, -0.05) is 64.0 Å². The third-order valence-electron chi connectivity index (χ3n) is 3.40. The fourth-order valence-electron chi connectivity index (χ4n) is 2.35. The largest absolute Gasteiger partial charge is 0.319 e. The summed E-state index contributed by atoms with van der Waals surface area (Å²) < 4.78 is 1.20. The molecule has 0 aliphatic carbocycles. The summed E-state index contributed by atoms with van der Waals surface area (Å²) in [6.45, 7) is 3.11. The van der Waals surface area contributed by atoms with Gasteiger partial charge >= 0.3 is 0 Å². The molecule has 19 heavy (non-hydrogen) atoms. The van der Waals surface area contributed by atoms with Crippen molar-refractivity contribution in [3.05, 3.63) is 69.7 Å². The summed E-state index contributed by atoms with van der Waals surface area (Å²) in [6, 6.07) is 17.3. The van der Waals surface area contributed by atoms with Gasteiger partial charge in [0.1, 0.15) is 0 Å². The maximum Gasteiger partial charge on any atom is 0.0210 e. The lowest BCUT2D eigenvalue weighted by atomic mass is 9.91. The molecule has 2 aromatic carbocycles. The predicted octanol–water partition coefficient (Wildman–Crippen LogP) is 4.30. The molecular formula is C17H20BrN. The van der Waals surface area contributed by atoms with Gasteiger partial charge in [-0.2, -0.15) is 0 Å². The average Bonchev–Trinajstić information content (AvgIpc) is 2.41. The first-order valence-corrected chi connectivity index (χ1v) is 7.44. The first-order valence-electron chi connectivity index (χ1n) is 6.65. The quantitative estimate of drug-likeness (QED) is 0.866. The van der Waals surface area contributed by atoms with Crippen LogP contribution in [0.2, 0.25) is 0 Å². The second-order valence-corrected chi connectivity index (χ2v) is 5.82. The van der Waals surface area contributed by atoms with Gasteiger partial charge in [0, 0.05) is 16.9 Å². The Morgan fingerprint density at radius 1 is 1.05 bits per heavy atom. The van der Waals surface area contributed by atoms with Gasteiger partial charge in [-0.25, -0.2) is 0 Å². The third kappa shape index (κ3) is 3.92. The maximum absolute atomic E-state index is 3.66. The summed E-state index contributed by atoms with van der Waals surface area (Å²) in [5.41, 5.74) is 4.08. The molecule has 0 aliphatic heterocycles. The molecule has 0 radical (unpaired) electrons. The molecule has 0 aromatic heterocycles. The number of nitrogens with one attached hydrogen (secondary N) is 1. The van der Waals surface area contributed by atoms with Crippen molar-refractivity contribution in [1.29, 1.82) is 0 Å². The van der Waals surface area contributed by atoms with Crippen LogP contribution in [0.4, 0.5) is 0 Å². The van der Waals surface area contributed by atoms with E-state index in [2.05, 4.69) is 76.7 Å². The number of hydrogen-bond donors (Lipinski definition) is 1. The van der Waals surface area contributed by atoms with Crippen LogP contribution in [0.15, 0.2) is 53.0 Å². The summed E-state index contributed by atoms with van der Waals surface area (Å²) in [5, 5.41) is 3.30. The van der Waals surface area contributed by atoms with Crippen molar-refractivity contribution in [2.75, 3.05) is 13.6 Å². The summed E-state index contributed by atoms with van der Waals surface area (Å²) >= 11 is 3.66. The smallest absolute Gasteiger partial charge is 0.0210 e. The highest BCUT2D eigenvalue weighted by Gasteiger charge is 2.14. The molecule has 0 saturated heterocycles. The summed E-state index contributed by atoms with van der Waals surface area (Å²) in [7, 11) is 2.01. The van der Waals surface area contributed by atoms with Gasteiger partial charge in [-0.3, -0.25) is 0 Å². The van der Waals surface area contributed by atoms with E-state index < -0.39 is 0 Å². The van der Waals surface area contributed by atoms with Crippen molar-refractivity contribution >= 4 is 15.9 Å². The number of likely N-dealkylation sites (N-methyl/N-ethyl adjacent to an activating group) is 1. The topological polar surface area (TPSA) is 12.0 Å². The van der Waals surface area contributed by atoms with E-state index in [0.717, 1.165) is 13.0 Å². The van der Waals surface area contributed by atoms with Crippen LogP contribution in [0.1, 0.15) is 22.6 Å². The van der Waals surface area contributed by atoms with Crippen molar-refractivity contribution in [3.8, 4) is 0 Å². The fourth-order valence-corrected chi connectivity index (χ4v) is 2.96. The Kier molecular flexibility index (Phi) is 5.17. The monoisotopic (exact) mass is 317 g/mol. The number of benzene rings is 2. The molecular weight excluding hydrogens is 298 g/mol. The summed E-state index contributed by atoms with van der Waals surface area (Å²) in [4.78, 5) is 0. The fraction of sp³-hybridized carbons (Fsp3) is 0.294. The van der Waals surface area contributed by atoms with Gasteiger partial charge in [0.2, 0.25) is 0 Å². The van der Waals surface area contributed by atoms with E-state index in [1.807, 2.05) is 7.05 Å². The van der Waals surface area contributed by atoms with Crippen molar-refractivity contribution in [1.82, 2.24) is 5.32 Å². The lowest BCUT2D eigenvalue weighted by Gasteiger charge is -2.18. The van der Waals surface area contributed by atoms with E-state index in [9.17, 15) is 0 Å². The summed E-state index contributed by atoms with van der Waals surface area (Å²) in [6.07, 6.45) is 1.06. The Balaban J connectivity index is 2.21. The zero-order valence-electron chi connectivity index (χ0n) is 11.5. The zero-order valence-corrected chi connectivity index (χ0v) is 13.1. The molecule has 2 rings (SSSR count). The van der Waals surface area contributed by atoms with Crippen LogP contribution < -0.4 is 5.32 Å². The Bertz CT molecular complexity index is 519. The molecule has 1 N–H and O–H groups in total. The first kappa shape index (κ1) is 14.3. The second kappa shape index (κ2) is 6.88. The van der Waals surface area contributed by atoms with Gasteiger partial charge < -0.3 is 5.32 Å². The Morgan fingerprint density at radius 3 is 2.37 bits per heavy atom. The number of halogens is 1. The highest BCUT2D eigenvalue weighted by molar-refractivity contribution is 9.10. The van der Waals surface area contributed by atoms with Gasteiger partial charge in [0.05, 0.1) is 0 Å². The SMILES string of the molecule is CNCC(Cc1ccc(C)cc1)c1ccccc1Br. The zero-order chi connectivity index (χ0) is 13.7. The van der Waals surface area contributed by atoms with Crippen LogP contribution in [-0.2, 0) is 6.42 Å². The number of hydrogen-bond acceptors (Lipinski definition) is 1. The van der Waals surface area contributed by atoms with Crippen LogP contribution in [0.3, 0.4) is 0 Å². The van der Waals surface area contributed by atoms with Crippen molar-refractivity contribution in [3.63, 3.8) is 0 Å². The molecule has 0 spiro atoms. The van der Waals surface area contributed by atoms with Gasteiger partial charge in [-0.05, 0) is 37.6 Å². The molecule has 0 saturated carbocycles. The minimum Gasteiger partial charge on any atom is -0.319 e. The molecule has 0 fully saturated rings. The van der Waals surface area contributed by atoms with E-state index in [1.165, 1.54) is 21.2 Å². The van der Waals surface area contributed by atoms with Crippen LogP contribution in [-0.4, -0.2) is 13.6 Å². The Hall–Kier alpha value is -1.12. The number of aryl methyl sites for hydroxylation is 1. The van der Waals surface area contributed by atoms with Gasteiger partial charge in [-0.15, -0.1) is 0 Å². The maximum atomic E-state index is 3.66. The number of rotatable bonds is 5. The van der Waals surface area contributed by atoms with E-state index in [0.29, 0.717) is 5.92 Å². The van der Waals surface area contributed by atoms with E-state index in [-0.39, 0.29) is 0 Å². The van der Waals surface area contributed by atoms with E-state index in [1.54, 1.807) is 0 Å². The molecule has 0 bridgehead atoms. The molecule has 1 nitrogen and oxygen atoms in total. The van der Waals surface area contributed by atoms with Crippen LogP contribution in [0, 0.1) is 6.92 Å². The average molecular weight is 318 g/mol. The molecule has 1 unspecified atom stereocenters. The lowest BCUT2D eigenvalue weighted by Crippen LogP contribution is -2.19. The highest BCUT2D eigenvalue weighted by Crippen LogP contribution is 2.27. The normalized spacial score (nSPS) is 12.4. The molecule has 2 aromatic rings. The molecule has 0 heterocycles. The molecule has 100 valence electrons. The standard InChI is InChI=1S/C17H20BrN/c1-13-7-9-14(10-8-13)11-15(12-19-2)16-5-3-4-6-17(16)18/h3-10,15,19H,11-12H2,1-2H3. The van der Waals surface area contributed by atoms with Crippen molar-refractivity contribution in [2.24, 2.45) is 0 Å². The van der Waals surface area contributed by atoms with Crippen LogP contribution in [0.25, 0.3) is 0 Å². The van der Waals surface area contributed by atoms with E-state index >= 15 is 0 Å². The molecule has 0 aliphatic rings. The molecule has 0 amide bonds. The third-order valence-corrected chi connectivity index (χ3v) is 4.12. The van der Waals surface area contributed by atoms with Gasteiger partial charge in [0.15, 0.2) is 0 Å². The first-order chi connectivity index (χ1) is 9.20. The Morgan fingerprint density at radius 2 is 1.74 bits per heavy atom. The molecule has 2 heteroatoms. The minimum absolute atomic E-state index is 0.489. The Labute approximate surface area is 124 Å². The molecule has 1 atom stereocenters.